The number of carbonyl (C=O) groups excluding carboxylic acids is 1. The fourth-order valence-corrected chi connectivity index (χ4v) is 2.63. The number of halogens is 3. The zero-order valence-electron chi connectivity index (χ0n) is 15.1. The first kappa shape index (κ1) is 19.7. The predicted octanol–water partition coefficient (Wildman–Crippen LogP) is 4.68. The van der Waals surface area contributed by atoms with Crippen molar-refractivity contribution in [1.29, 1.82) is 0 Å². The van der Waals surface area contributed by atoms with E-state index in [1.54, 1.807) is 47.6 Å². The Balaban J connectivity index is 1.73. The molecule has 28 heavy (non-hydrogen) atoms. The number of aromatic nitrogens is 2. The van der Waals surface area contributed by atoms with Crippen LogP contribution >= 0.6 is 0 Å². The van der Waals surface area contributed by atoms with Crippen molar-refractivity contribution in [1.82, 2.24) is 15.0 Å². The molecule has 6 nitrogen and oxygen atoms in total. The van der Waals surface area contributed by atoms with Crippen LogP contribution in [0.3, 0.4) is 0 Å². The molecule has 0 fully saturated rings. The van der Waals surface area contributed by atoms with E-state index in [2.05, 4.69) is 14.7 Å². The molecule has 0 N–H and O–H groups in total. The summed E-state index contributed by atoms with van der Waals surface area (Å²) in [5.74, 6) is -0.863. The van der Waals surface area contributed by atoms with E-state index in [4.69, 9.17) is 4.42 Å². The fourth-order valence-electron chi connectivity index (χ4n) is 2.63. The van der Waals surface area contributed by atoms with E-state index in [0.717, 1.165) is 12.0 Å². The van der Waals surface area contributed by atoms with Crippen LogP contribution < -0.4 is 0 Å². The summed E-state index contributed by atoms with van der Waals surface area (Å²) in [6.07, 6.45) is -1.99. The lowest BCUT2D eigenvalue weighted by molar-refractivity contribution is -0.159. The minimum atomic E-state index is -4.68. The quantitative estimate of drug-likeness (QED) is 0.583. The molecule has 1 amide bonds. The van der Waals surface area contributed by atoms with E-state index in [9.17, 15) is 18.0 Å². The van der Waals surface area contributed by atoms with Gasteiger partial charge in [-0.1, -0.05) is 36.3 Å². The van der Waals surface area contributed by atoms with Crippen LogP contribution in [0.5, 0.6) is 0 Å². The van der Waals surface area contributed by atoms with Crippen LogP contribution in [-0.4, -0.2) is 20.9 Å². The molecule has 2 aromatic heterocycles. The van der Waals surface area contributed by atoms with Crippen molar-refractivity contribution < 1.29 is 26.9 Å². The number of hydrogen-bond acceptors (Lipinski definition) is 5. The molecular weight excluding hydrogens is 375 g/mol. The molecular formula is C19H18F3N3O3. The number of benzene rings is 1. The monoisotopic (exact) mass is 393 g/mol. The highest BCUT2D eigenvalue weighted by molar-refractivity contribution is 5.76. The van der Waals surface area contributed by atoms with E-state index >= 15 is 0 Å². The Hall–Kier alpha value is -3.10. The lowest BCUT2D eigenvalue weighted by Gasteiger charge is -2.22. The maximum Gasteiger partial charge on any atom is 0.471 e. The molecule has 0 bridgehead atoms. The summed E-state index contributed by atoms with van der Waals surface area (Å²) in [6.45, 7) is 2.62. The summed E-state index contributed by atoms with van der Waals surface area (Å²) in [5, 5.41) is 3.36. The Morgan fingerprint density at radius 1 is 1.14 bits per heavy atom. The summed E-state index contributed by atoms with van der Waals surface area (Å²) in [7, 11) is 0. The Kier molecular flexibility index (Phi) is 5.81. The number of furan rings is 1. The highest BCUT2D eigenvalue weighted by atomic mass is 19.4. The van der Waals surface area contributed by atoms with Gasteiger partial charge in [-0.2, -0.15) is 18.2 Å². The number of nitrogens with zero attached hydrogens (tertiary/aromatic N) is 3. The average molecular weight is 393 g/mol. The number of hydrogen-bond donors (Lipinski definition) is 0. The topological polar surface area (TPSA) is 72.4 Å². The van der Waals surface area contributed by atoms with Gasteiger partial charge in [0.2, 0.25) is 11.7 Å². The van der Waals surface area contributed by atoms with Crippen LogP contribution in [-0.2, 0) is 24.1 Å². The molecule has 1 aromatic carbocycles. The Morgan fingerprint density at radius 2 is 1.89 bits per heavy atom. The van der Waals surface area contributed by atoms with Crippen molar-refractivity contribution in [2.75, 3.05) is 0 Å². The van der Waals surface area contributed by atoms with Gasteiger partial charge in [-0.25, -0.2) is 0 Å². The van der Waals surface area contributed by atoms with E-state index in [-0.39, 0.29) is 11.7 Å². The molecule has 0 aliphatic rings. The second-order valence-electron chi connectivity index (χ2n) is 6.20. The molecule has 3 aromatic rings. The normalized spacial score (nSPS) is 11.6. The van der Waals surface area contributed by atoms with Crippen LogP contribution in [0.15, 0.2) is 51.6 Å². The van der Waals surface area contributed by atoms with Gasteiger partial charge in [0.15, 0.2) is 0 Å². The summed E-state index contributed by atoms with van der Waals surface area (Å²) < 4.78 is 47.3. The molecule has 0 radical (unpaired) electrons. The van der Waals surface area contributed by atoms with Crippen molar-refractivity contribution in [2.24, 2.45) is 0 Å². The number of alkyl halides is 3. The molecule has 0 aliphatic carbocycles. The van der Waals surface area contributed by atoms with Crippen molar-refractivity contribution in [3.63, 3.8) is 0 Å². The van der Waals surface area contributed by atoms with Gasteiger partial charge in [0.25, 0.3) is 0 Å². The van der Waals surface area contributed by atoms with Crippen LogP contribution in [0.25, 0.3) is 11.4 Å². The van der Waals surface area contributed by atoms with Gasteiger partial charge in [0, 0.05) is 18.5 Å². The second-order valence-corrected chi connectivity index (χ2v) is 6.20. The summed E-state index contributed by atoms with van der Waals surface area (Å²) >= 11 is 0. The van der Waals surface area contributed by atoms with Crippen LogP contribution in [0, 0.1) is 0 Å². The Morgan fingerprint density at radius 3 is 2.46 bits per heavy atom. The summed E-state index contributed by atoms with van der Waals surface area (Å²) in [4.78, 5) is 17.4. The molecule has 9 heteroatoms. The second kappa shape index (κ2) is 8.28. The minimum absolute atomic E-state index is 0.00374. The van der Waals surface area contributed by atoms with Gasteiger partial charge in [0.1, 0.15) is 5.76 Å². The zero-order chi connectivity index (χ0) is 20.1. The third-order valence-electron chi connectivity index (χ3n) is 4.00. The van der Waals surface area contributed by atoms with Gasteiger partial charge in [-0.05, 0) is 24.1 Å². The van der Waals surface area contributed by atoms with Crippen LogP contribution in [0.2, 0.25) is 0 Å². The predicted molar refractivity (Wildman–Crippen MR) is 92.6 cm³/mol. The Bertz CT molecular complexity index is 903. The van der Waals surface area contributed by atoms with E-state index in [1.165, 1.54) is 0 Å². The molecule has 0 saturated carbocycles. The maximum atomic E-state index is 12.6. The largest absolute Gasteiger partial charge is 0.471 e. The van der Waals surface area contributed by atoms with E-state index in [1.807, 2.05) is 6.92 Å². The molecule has 0 aliphatic heterocycles. The Labute approximate surface area is 158 Å². The van der Waals surface area contributed by atoms with E-state index in [0.29, 0.717) is 30.8 Å². The lowest BCUT2D eigenvalue weighted by Crippen LogP contribution is -2.29. The van der Waals surface area contributed by atoms with Gasteiger partial charge in [0.05, 0.1) is 12.8 Å². The van der Waals surface area contributed by atoms with Crippen molar-refractivity contribution in [2.45, 2.75) is 39.0 Å². The van der Waals surface area contributed by atoms with Crippen LogP contribution in [0.4, 0.5) is 13.2 Å². The molecule has 0 atom stereocenters. The van der Waals surface area contributed by atoms with Gasteiger partial charge in [-0.15, -0.1) is 0 Å². The highest BCUT2D eigenvalue weighted by Crippen LogP contribution is 2.29. The average Bonchev–Trinajstić information content (AvgIpc) is 3.33. The van der Waals surface area contributed by atoms with Gasteiger partial charge < -0.3 is 13.8 Å². The molecule has 0 spiro atoms. The first-order valence-corrected chi connectivity index (χ1v) is 8.67. The highest BCUT2D eigenvalue weighted by Gasteiger charge is 2.38. The van der Waals surface area contributed by atoms with Crippen molar-refractivity contribution in [3.8, 4) is 11.4 Å². The number of rotatable bonds is 7. The van der Waals surface area contributed by atoms with Crippen LogP contribution in [0.1, 0.15) is 37.0 Å². The molecule has 148 valence electrons. The zero-order valence-corrected chi connectivity index (χ0v) is 15.1. The number of amides is 1. The standard InChI is InChI=1S/C19H18F3N3O3/c1-2-4-16(26)25(12-15-5-3-10-27-15)11-13-6-8-14(9-7-13)17-23-18(28-24-17)19(20,21)22/h3,5-10H,2,4,11-12H2,1H3. The first-order chi connectivity index (χ1) is 13.4. The molecule has 0 unspecified atom stereocenters. The van der Waals surface area contributed by atoms with Crippen molar-refractivity contribution in [3.05, 3.63) is 59.9 Å². The smallest absolute Gasteiger partial charge is 0.467 e. The molecule has 2 heterocycles. The molecule has 0 saturated heterocycles. The van der Waals surface area contributed by atoms with Gasteiger partial charge >= 0.3 is 12.1 Å². The van der Waals surface area contributed by atoms with Gasteiger partial charge in [-0.3, -0.25) is 4.79 Å². The van der Waals surface area contributed by atoms with Crippen molar-refractivity contribution >= 4 is 5.91 Å². The summed E-state index contributed by atoms with van der Waals surface area (Å²) in [6, 6.07) is 10.2. The third-order valence-corrected chi connectivity index (χ3v) is 4.00. The number of carbonyl (C=O) groups is 1. The SMILES string of the molecule is CCCC(=O)N(Cc1ccc(-c2noc(C(F)(F)F)n2)cc1)Cc1ccco1. The third kappa shape index (κ3) is 4.79. The first-order valence-electron chi connectivity index (χ1n) is 8.67. The molecule has 3 rings (SSSR count). The van der Waals surface area contributed by atoms with E-state index < -0.39 is 12.1 Å². The maximum absolute atomic E-state index is 12.6. The fraction of sp³-hybridized carbons (Fsp3) is 0.316. The minimum Gasteiger partial charge on any atom is -0.467 e. The lowest BCUT2D eigenvalue weighted by atomic mass is 10.1. The summed E-state index contributed by atoms with van der Waals surface area (Å²) in [5.41, 5.74) is 1.21.